The second-order valence-electron chi connectivity index (χ2n) is 7.51. The molecule has 0 bridgehead atoms. The zero-order chi connectivity index (χ0) is 23.2. The van der Waals surface area contributed by atoms with Gasteiger partial charge in [-0.25, -0.2) is 0 Å². The quantitative estimate of drug-likeness (QED) is 0.302. The van der Waals surface area contributed by atoms with Crippen LogP contribution in [0, 0.1) is 11.3 Å². The fraction of sp³-hybridized carbons (Fsp3) is 0.444. The minimum absolute atomic E-state index is 0.620. The fourth-order valence-corrected chi connectivity index (χ4v) is 3.40. The van der Waals surface area contributed by atoms with E-state index < -0.39 is 0 Å². The van der Waals surface area contributed by atoms with Crippen molar-refractivity contribution in [1.82, 2.24) is 9.80 Å². The van der Waals surface area contributed by atoms with Crippen LogP contribution in [0.1, 0.15) is 38.8 Å². The Bertz CT molecular complexity index is 846. The summed E-state index contributed by atoms with van der Waals surface area (Å²) in [5.74, 6) is 1.67. The van der Waals surface area contributed by atoms with Gasteiger partial charge in [0.25, 0.3) is 0 Å². The molecule has 0 radical (unpaired) electrons. The highest BCUT2D eigenvalue weighted by atomic mass is 16.5. The molecule has 0 spiro atoms. The Morgan fingerprint density at radius 3 is 1.59 bits per heavy atom. The molecule has 0 amide bonds. The van der Waals surface area contributed by atoms with Gasteiger partial charge in [-0.05, 0) is 79.8 Å². The van der Waals surface area contributed by atoms with Crippen LogP contribution in [0.2, 0.25) is 0 Å². The third kappa shape index (κ3) is 8.37. The number of benzene rings is 2. The molecule has 172 valence electrons. The number of hydrogen-bond acceptors (Lipinski definition) is 5. The minimum atomic E-state index is 0.620. The van der Waals surface area contributed by atoms with Crippen LogP contribution in [0.3, 0.4) is 0 Å². The first-order valence-corrected chi connectivity index (χ1v) is 11.7. The van der Waals surface area contributed by atoms with Gasteiger partial charge >= 0.3 is 0 Å². The Morgan fingerprint density at radius 1 is 0.750 bits per heavy atom. The van der Waals surface area contributed by atoms with Crippen LogP contribution in [-0.4, -0.2) is 62.3 Å². The van der Waals surface area contributed by atoms with Gasteiger partial charge in [-0.2, -0.15) is 5.26 Å². The van der Waals surface area contributed by atoms with Crippen molar-refractivity contribution in [3.8, 4) is 17.6 Å². The first-order valence-electron chi connectivity index (χ1n) is 11.7. The van der Waals surface area contributed by atoms with E-state index in [1.807, 2.05) is 54.6 Å². The van der Waals surface area contributed by atoms with Gasteiger partial charge in [0, 0.05) is 13.1 Å². The van der Waals surface area contributed by atoms with E-state index in [4.69, 9.17) is 9.47 Å². The van der Waals surface area contributed by atoms with Gasteiger partial charge in [0.05, 0.1) is 11.6 Å². The molecular weight excluding hydrogens is 398 g/mol. The lowest BCUT2D eigenvalue weighted by Crippen LogP contribution is -2.27. The van der Waals surface area contributed by atoms with E-state index in [0.29, 0.717) is 18.8 Å². The zero-order valence-electron chi connectivity index (χ0n) is 20.0. The van der Waals surface area contributed by atoms with Crippen LogP contribution in [0.15, 0.2) is 48.5 Å². The third-order valence-corrected chi connectivity index (χ3v) is 5.62. The molecule has 32 heavy (non-hydrogen) atoms. The highest BCUT2D eigenvalue weighted by molar-refractivity contribution is 5.89. The summed E-state index contributed by atoms with van der Waals surface area (Å²) in [6, 6.07) is 17.9. The Morgan fingerprint density at radius 2 is 1.19 bits per heavy atom. The number of hydrogen-bond donors (Lipinski definition) is 0. The van der Waals surface area contributed by atoms with Crippen molar-refractivity contribution in [3.63, 3.8) is 0 Å². The van der Waals surface area contributed by atoms with Crippen molar-refractivity contribution in [1.29, 1.82) is 5.26 Å². The minimum Gasteiger partial charge on any atom is -0.492 e. The van der Waals surface area contributed by atoms with E-state index in [0.717, 1.165) is 61.9 Å². The summed E-state index contributed by atoms with van der Waals surface area (Å²) in [7, 11) is 0. The molecule has 2 aromatic carbocycles. The lowest BCUT2D eigenvalue weighted by molar-refractivity contribution is 0.223. The Hall–Kier alpha value is -2.81. The summed E-state index contributed by atoms with van der Waals surface area (Å²) < 4.78 is 11.7. The van der Waals surface area contributed by atoms with Crippen LogP contribution < -0.4 is 9.47 Å². The number of rotatable bonds is 14. The number of nitrogens with zero attached hydrogens (tertiary/aromatic N) is 3. The summed E-state index contributed by atoms with van der Waals surface area (Å²) in [6.45, 7) is 15.9. The molecule has 0 aliphatic heterocycles. The second-order valence-corrected chi connectivity index (χ2v) is 7.51. The highest BCUT2D eigenvalue weighted by Crippen LogP contribution is 2.22. The van der Waals surface area contributed by atoms with E-state index in [1.54, 1.807) is 0 Å². The molecule has 2 aromatic rings. The van der Waals surface area contributed by atoms with Gasteiger partial charge in [-0.1, -0.05) is 39.8 Å². The third-order valence-electron chi connectivity index (χ3n) is 5.62. The average Bonchev–Trinajstić information content (AvgIpc) is 2.84. The van der Waals surface area contributed by atoms with Crippen molar-refractivity contribution in [2.45, 2.75) is 27.7 Å². The van der Waals surface area contributed by atoms with Crippen molar-refractivity contribution in [2.75, 3.05) is 52.5 Å². The molecule has 0 aliphatic rings. The van der Waals surface area contributed by atoms with Crippen LogP contribution in [0.25, 0.3) is 11.6 Å². The molecule has 5 heteroatoms. The largest absolute Gasteiger partial charge is 0.492 e. The van der Waals surface area contributed by atoms with Gasteiger partial charge in [0.2, 0.25) is 0 Å². The van der Waals surface area contributed by atoms with Crippen LogP contribution in [0.4, 0.5) is 0 Å². The molecule has 0 N–H and O–H groups in total. The molecule has 0 aliphatic carbocycles. The van der Waals surface area contributed by atoms with E-state index in [2.05, 4.69) is 43.6 Å². The Labute approximate surface area is 193 Å². The van der Waals surface area contributed by atoms with E-state index in [1.165, 1.54) is 0 Å². The molecule has 5 nitrogen and oxygen atoms in total. The molecule has 0 atom stereocenters. The van der Waals surface area contributed by atoms with Crippen LogP contribution in [0.5, 0.6) is 11.5 Å². The SMILES string of the molecule is CCN(CC)CCOc1ccc(C=C(C#N)c2ccc(OCCN(CC)CC)cc2)cc1. The molecule has 0 saturated carbocycles. The zero-order valence-corrected chi connectivity index (χ0v) is 20.0. The normalized spacial score (nSPS) is 11.6. The lowest BCUT2D eigenvalue weighted by atomic mass is 10.0. The topological polar surface area (TPSA) is 48.7 Å². The molecule has 0 saturated heterocycles. The second kappa shape index (κ2) is 14.3. The van der Waals surface area contributed by atoms with E-state index in [-0.39, 0.29) is 0 Å². The first kappa shape index (κ1) is 25.5. The summed E-state index contributed by atoms with van der Waals surface area (Å²) in [5.41, 5.74) is 2.47. The summed E-state index contributed by atoms with van der Waals surface area (Å²) in [5, 5.41) is 9.65. The first-order chi connectivity index (χ1) is 15.6. The Balaban J connectivity index is 1.93. The van der Waals surface area contributed by atoms with Gasteiger partial charge in [0.15, 0.2) is 0 Å². The van der Waals surface area contributed by atoms with Crippen molar-refractivity contribution < 1.29 is 9.47 Å². The Kier molecular flexibility index (Phi) is 11.4. The average molecular weight is 436 g/mol. The monoisotopic (exact) mass is 435 g/mol. The van der Waals surface area contributed by atoms with Crippen molar-refractivity contribution >= 4 is 11.6 Å². The lowest BCUT2D eigenvalue weighted by Gasteiger charge is -2.18. The molecular formula is C27H37N3O2. The van der Waals surface area contributed by atoms with Crippen LogP contribution >= 0.6 is 0 Å². The van der Waals surface area contributed by atoms with Gasteiger partial charge in [0.1, 0.15) is 24.7 Å². The summed E-state index contributed by atoms with van der Waals surface area (Å²) in [6.07, 6.45) is 1.90. The maximum absolute atomic E-state index is 9.65. The molecule has 0 fully saturated rings. The smallest absolute Gasteiger partial charge is 0.119 e. The van der Waals surface area contributed by atoms with E-state index in [9.17, 15) is 5.26 Å². The van der Waals surface area contributed by atoms with Gasteiger partial charge < -0.3 is 19.3 Å². The number of likely N-dealkylation sites (N-methyl/N-ethyl adjacent to an activating group) is 2. The summed E-state index contributed by atoms with van der Waals surface area (Å²) >= 11 is 0. The molecule has 0 heterocycles. The molecule has 2 rings (SSSR count). The number of nitriles is 1. The van der Waals surface area contributed by atoms with E-state index >= 15 is 0 Å². The fourth-order valence-electron chi connectivity index (χ4n) is 3.40. The molecule has 0 unspecified atom stereocenters. The van der Waals surface area contributed by atoms with Crippen LogP contribution in [-0.2, 0) is 0 Å². The summed E-state index contributed by atoms with van der Waals surface area (Å²) in [4.78, 5) is 4.66. The van der Waals surface area contributed by atoms with Crippen molar-refractivity contribution in [3.05, 3.63) is 59.7 Å². The number of ether oxygens (including phenoxy) is 2. The highest BCUT2D eigenvalue weighted by Gasteiger charge is 2.04. The number of allylic oxidation sites excluding steroid dienone is 1. The maximum atomic E-state index is 9.65. The predicted molar refractivity (Wildman–Crippen MR) is 133 cm³/mol. The predicted octanol–water partition coefficient (Wildman–Crippen LogP) is 5.19. The van der Waals surface area contributed by atoms with Crippen molar-refractivity contribution in [2.24, 2.45) is 0 Å². The van der Waals surface area contributed by atoms with Gasteiger partial charge in [-0.15, -0.1) is 0 Å². The van der Waals surface area contributed by atoms with Gasteiger partial charge in [-0.3, -0.25) is 0 Å². The standard InChI is InChI=1S/C27H37N3O2/c1-5-29(6-2)17-19-31-26-13-9-23(10-14-26)21-25(22-28)24-11-15-27(16-12-24)32-20-18-30(7-3)8-4/h9-16,21H,5-8,17-20H2,1-4H3. The molecule has 0 aromatic heterocycles. The maximum Gasteiger partial charge on any atom is 0.119 e.